The molecule has 1 heterocycles. The van der Waals surface area contributed by atoms with Gasteiger partial charge in [0.15, 0.2) is 0 Å². The Morgan fingerprint density at radius 1 is 1.32 bits per heavy atom. The number of hydrogen-bond donors (Lipinski definition) is 1. The van der Waals surface area contributed by atoms with E-state index in [1.165, 1.54) is 0 Å². The van der Waals surface area contributed by atoms with Crippen LogP contribution in [0.5, 0.6) is 0 Å². The second-order valence-corrected chi connectivity index (χ2v) is 5.20. The standard InChI is InChI=1S/C15H19NO3/c1-10-6-8-11(9-7-10)14-12(15(18)19)4-3-5-13(17)16(14)2/h6-9,12,14H,3-5H2,1-2H3,(H,18,19). The molecule has 0 radical (unpaired) electrons. The first-order valence-electron chi connectivity index (χ1n) is 6.55. The van der Waals surface area contributed by atoms with Crippen LogP contribution in [0.2, 0.25) is 0 Å². The summed E-state index contributed by atoms with van der Waals surface area (Å²) in [5.74, 6) is -1.33. The van der Waals surface area contributed by atoms with Gasteiger partial charge in [-0.15, -0.1) is 0 Å². The predicted molar refractivity (Wildman–Crippen MR) is 71.7 cm³/mol. The Labute approximate surface area is 113 Å². The second-order valence-electron chi connectivity index (χ2n) is 5.20. The first-order valence-corrected chi connectivity index (χ1v) is 6.55. The molecule has 0 aliphatic carbocycles. The highest BCUT2D eigenvalue weighted by atomic mass is 16.4. The molecule has 0 saturated carbocycles. The van der Waals surface area contributed by atoms with Gasteiger partial charge in [-0.05, 0) is 25.3 Å². The van der Waals surface area contributed by atoms with Crippen molar-refractivity contribution in [1.82, 2.24) is 4.90 Å². The number of rotatable bonds is 2. The third-order valence-electron chi connectivity index (χ3n) is 3.83. The Hall–Kier alpha value is -1.84. The van der Waals surface area contributed by atoms with E-state index in [0.29, 0.717) is 19.3 Å². The van der Waals surface area contributed by atoms with Crippen LogP contribution in [0, 0.1) is 12.8 Å². The molecule has 1 fully saturated rings. The lowest BCUT2D eigenvalue weighted by Crippen LogP contribution is -2.36. The Balaban J connectivity index is 2.41. The number of benzene rings is 1. The number of carbonyl (C=O) groups excluding carboxylic acids is 1. The first kappa shape index (κ1) is 13.6. The summed E-state index contributed by atoms with van der Waals surface area (Å²) in [5, 5.41) is 9.42. The molecular weight excluding hydrogens is 242 g/mol. The summed E-state index contributed by atoms with van der Waals surface area (Å²) in [6.07, 6.45) is 1.62. The van der Waals surface area contributed by atoms with Crippen LogP contribution in [0.4, 0.5) is 0 Å². The zero-order valence-electron chi connectivity index (χ0n) is 11.3. The highest BCUT2D eigenvalue weighted by molar-refractivity contribution is 5.79. The normalized spacial score (nSPS) is 24.1. The van der Waals surface area contributed by atoms with Crippen LogP contribution < -0.4 is 0 Å². The lowest BCUT2D eigenvalue weighted by Gasteiger charge is -2.30. The number of carbonyl (C=O) groups is 2. The smallest absolute Gasteiger partial charge is 0.308 e. The first-order chi connectivity index (χ1) is 9.00. The molecule has 2 rings (SSSR count). The largest absolute Gasteiger partial charge is 0.481 e. The summed E-state index contributed by atoms with van der Waals surface area (Å²) in [4.78, 5) is 25.0. The van der Waals surface area contributed by atoms with Gasteiger partial charge in [0.1, 0.15) is 0 Å². The lowest BCUT2D eigenvalue weighted by molar-refractivity contribution is -0.145. The van der Waals surface area contributed by atoms with Crippen LogP contribution in [-0.2, 0) is 9.59 Å². The molecule has 1 N–H and O–H groups in total. The van der Waals surface area contributed by atoms with Crippen molar-refractivity contribution in [1.29, 1.82) is 0 Å². The number of hydrogen-bond acceptors (Lipinski definition) is 2. The molecule has 0 spiro atoms. The van der Waals surface area contributed by atoms with Gasteiger partial charge < -0.3 is 10.0 Å². The predicted octanol–water partition coefficient (Wildman–Crippen LogP) is 2.38. The van der Waals surface area contributed by atoms with E-state index in [1.807, 2.05) is 31.2 Å². The summed E-state index contributed by atoms with van der Waals surface area (Å²) in [6.45, 7) is 1.99. The molecule has 102 valence electrons. The molecule has 4 nitrogen and oxygen atoms in total. The van der Waals surface area contributed by atoms with Crippen LogP contribution in [0.15, 0.2) is 24.3 Å². The zero-order chi connectivity index (χ0) is 14.0. The molecular formula is C15H19NO3. The Bertz CT molecular complexity index is 481. The number of amides is 1. The Kier molecular flexibility index (Phi) is 3.88. The quantitative estimate of drug-likeness (QED) is 0.889. The molecule has 2 atom stereocenters. The van der Waals surface area contributed by atoms with Crippen molar-refractivity contribution in [3.63, 3.8) is 0 Å². The zero-order valence-corrected chi connectivity index (χ0v) is 11.3. The molecule has 1 amide bonds. The lowest BCUT2D eigenvalue weighted by atomic mass is 9.89. The highest BCUT2D eigenvalue weighted by Crippen LogP contribution is 2.34. The van der Waals surface area contributed by atoms with Gasteiger partial charge in [-0.25, -0.2) is 0 Å². The van der Waals surface area contributed by atoms with E-state index in [-0.39, 0.29) is 11.9 Å². The van der Waals surface area contributed by atoms with E-state index in [4.69, 9.17) is 0 Å². The number of aliphatic carboxylic acids is 1. The molecule has 1 saturated heterocycles. The number of aryl methyl sites for hydroxylation is 1. The van der Waals surface area contributed by atoms with E-state index >= 15 is 0 Å². The minimum Gasteiger partial charge on any atom is -0.481 e. The average Bonchev–Trinajstić information content (AvgIpc) is 2.51. The van der Waals surface area contributed by atoms with Crippen molar-refractivity contribution in [2.45, 2.75) is 32.2 Å². The molecule has 0 bridgehead atoms. The topological polar surface area (TPSA) is 57.6 Å². The molecule has 1 aliphatic heterocycles. The maximum Gasteiger partial charge on any atom is 0.308 e. The third kappa shape index (κ3) is 2.78. The fourth-order valence-electron chi connectivity index (χ4n) is 2.71. The minimum atomic E-state index is -0.827. The van der Waals surface area contributed by atoms with Gasteiger partial charge in [-0.3, -0.25) is 9.59 Å². The third-order valence-corrected chi connectivity index (χ3v) is 3.83. The fourth-order valence-corrected chi connectivity index (χ4v) is 2.71. The highest BCUT2D eigenvalue weighted by Gasteiger charge is 2.36. The fraction of sp³-hybridized carbons (Fsp3) is 0.467. The van der Waals surface area contributed by atoms with E-state index in [1.54, 1.807) is 11.9 Å². The van der Waals surface area contributed by atoms with Crippen LogP contribution in [0.25, 0.3) is 0 Å². The van der Waals surface area contributed by atoms with Crippen molar-refractivity contribution < 1.29 is 14.7 Å². The average molecular weight is 261 g/mol. The van der Waals surface area contributed by atoms with Gasteiger partial charge in [0.25, 0.3) is 0 Å². The molecule has 0 aromatic heterocycles. The van der Waals surface area contributed by atoms with Gasteiger partial charge in [0.2, 0.25) is 5.91 Å². The summed E-state index contributed by atoms with van der Waals surface area (Å²) < 4.78 is 0. The van der Waals surface area contributed by atoms with Gasteiger partial charge in [-0.1, -0.05) is 29.8 Å². The maximum absolute atomic E-state index is 12.0. The maximum atomic E-state index is 12.0. The Morgan fingerprint density at radius 2 is 1.95 bits per heavy atom. The van der Waals surface area contributed by atoms with Crippen molar-refractivity contribution in [3.8, 4) is 0 Å². The number of likely N-dealkylation sites (tertiary alicyclic amines) is 1. The molecule has 1 aromatic carbocycles. The van der Waals surface area contributed by atoms with Crippen LogP contribution in [0.3, 0.4) is 0 Å². The van der Waals surface area contributed by atoms with Crippen LogP contribution in [-0.4, -0.2) is 28.9 Å². The Morgan fingerprint density at radius 3 is 2.53 bits per heavy atom. The monoisotopic (exact) mass is 261 g/mol. The summed E-state index contributed by atoms with van der Waals surface area (Å²) >= 11 is 0. The summed E-state index contributed by atoms with van der Waals surface area (Å²) in [5.41, 5.74) is 2.02. The molecule has 1 aliphatic rings. The van der Waals surface area contributed by atoms with Crippen molar-refractivity contribution in [2.75, 3.05) is 7.05 Å². The van der Waals surface area contributed by atoms with Gasteiger partial charge >= 0.3 is 5.97 Å². The van der Waals surface area contributed by atoms with Crippen LogP contribution in [0.1, 0.15) is 36.4 Å². The van der Waals surface area contributed by atoms with Crippen molar-refractivity contribution in [2.24, 2.45) is 5.92 Å². The minimum absolute atomic E-state index is 0.0225. The van der Waals surface area contributed by atoms with E-state index < -0.39 is 11.9 Å². The summed E-state index contributed by atoms with van der Waals surface area (Å²) in [6, 6.07) is 7.39. The van der Waals surface area contributed by atoms with Gasteiger partial charge in [0.05, 0.1) is 12.0 Å². The van der Waals surface area contributed by atoms with E-state index in [2.05, 4.69) is 0 Å². The van der Waals surface area contributed by atoms with Crippen molar-refractivity contribution >= 4 is 11.9 Å². The molecule has 1 aromatic rings. The van der Waals surface area contributed by atoms with Crippen molar-refractivity contribution in [3.05, 3.63) is 35.4 Å². The van der Waals surface area contributed by atoms with E-state index in [9.17, 15) is 14.7 Å². The SMILES string of the molecule is Cc1ccc(C2C(C(=O)O)CCCC(=O)N2C)cc1. The number of nitrogens with zero attached hydrogens (tertiary/aromatic N) is 1. The van der Waals surface area contributed by atoms with Crippen LogP contribution >= 0.6 is 0 Å². The molecule has 19 heavy (non-hydrogen) atoms. The summed E-state index contributed by atoms with van der Waals surface area (Å²) in [7, 11) is 1.70. The number of carboxylic acid groups (broad SMARTS) is 1. The van der Waals surface area contributed by atoms with Gasteiger partial charge in [0, 0.05) is 13.5 Å². The van der Waals surface area contributed by atoms with E-state index in [0.717, 1.165) is 11.1 Å². The molecule has 4 heteroatoms. The molecule has 2 unspecified atom stereocenters. The van der Waals surface area contributed by atoms with Gasteiger partial charge in [-0.2, -0.15) is 0 Å². The second kappa shape index (κ2) is 5.43. The number of carboxylic acids is 1.